The second-order valence-corrected chi connectivity index (χ2v) is 5.11. The highest BCUT2D eigenvalue weighted by Gasteiger charge is 2.15. The minimum absolute atomic E-state index is 0.0601. The molecule has 0 aliphatic heterocycles. The molecule has 1 atom stereocenters. The maximum absolute atomic E-state index is 12.4. The Bertz CT molecular complexity index is 431. The number of hydrogen-bond acceptors (Lipinski definition) is 3. The highest BCUT2D eigenvalue weighted by Crippen LogP contribution is 2.13. The van der Waals surface area contributed by atoms with Gasteiger partial charge in [0.2, 0.25) is 0 Å². The summed E-state index contributed by atoms with van der Waals surface area (Å²) in [5, 5.41) is 3.15. The maximum atomic E-state index is 12.4. The van der Waals surface area contributed by atoms with E-state index in [0.29, 0.717) is 11.5 Å². The van der Waals surface area contributed by atoms with Gasteiger partial charge in [-0.1, -0.05) is 20.3 Å². The largest absolute Gasteiger partial charge is 0.370 e. The molecule has 1 N–H and O–H groups in total. The van der Waals surface area contributed by atoms with Crippen LogP contribution >= 0.6 is 0 Å². The second kappa shape index (κ2) is 7.12. The molecule has 0 radical (unpaired) electrons. The molecule has 0 fully saturated rings. The van der Waals surface area contributed by atoms with Gasteiger partial charge in [-0.15, -0.1) is 0 Å². The Morgan fingerprint density at radius 3 is 2.68 bits per heavy atom. The van der Waals surface area contributed by atoms with E-state index in [1.165, 1.54) is 0 Å². The van der Waals surface area contributed by atoms with Crippen LogP contribution in [0, 0.1) is 12.8 Å². The lowest BCUT2D eigenvalue weighted by Gasteiger charge is -2.21. The van der Waals surface area contributed by atoms with Crippen LogP contribution in [0.3, 0.4) is 0 Å². The fourth-order valence-corrected chi connectivity index (χ4v) is 1.96. The van der Waals surface area contributed by atoms with Crippen LogP contribution in [0.15, 0.2) is 12.1 Å². The lowest BCUT2D eigenvalue weighted by Crippen LogP contribution is -2.31. The van der Waals surface area contributed by atoms with E-state index in [1.807, 2.05) is 33.0 Å². The molecule has 0 aromatic carbocycles. The molecule has 1 rings (SSSR count). The molecule has 1 amide bonds. The van der Waals surface area contributed by atoms with E-state index < -0.39 is 0 Å². The highest BCUT2D eigenvalue weighted by molar-refractivity contribution is 5.94. The summed E-state index contributed by atoms with van der Waals surface area (Å²) in [4.78, 5) is 18.5. The van der Waals surface area contributed by atoms with Gasteiger partial charge in [-0.3, -0.25) is 4.79 Å². The Kier molecular flexibility index (Phi) is 5.80. The van der Waals surface area contributed by atoms with Gasteiger partial charge in [0.05, 0.1) is 0 Å². The summed E-state index contributed by atoms with van der Waals surface area (Å²) in [6, 6.07) is 3.67. The Labute approximate surface area is 116 Å². The van der Waals surface area contributed by atoms with Gasteiger partial charge < -0.3 is 10.2 Å². The molecule has 106 valence electrons. The minimum atomic E-state index is 0.0601. The van der Waals surface area contributed by atoms with E-state index in [1.54, 1.807) is 4.90 Å². The molecular weight excluding hydrogens is 238 g/mol. The molecule has 0 aliphatic rings. The van der Waals surface area contributed by atoms with E-state index in [9.17, 15) is 4.79 Å². The molecule has 4 heteroatoms. The lowest BCUT2D eigenvalue weighted by molar-refractivity contribution is 0.0774. The van der Waals surface area contributed by atoms with Crippen molar-refractivity contribution in [3.63, 3.8) is 0 Å². The van der Waals surface area contributed by atoms with Crippen LogP contribution in [0.5, 0.6) is 0 Å². The number of aromatic nitrogens is 1. The van der Waals surface area contributed by atoms with Crippen molar-refractivity contribution in [1.82, 2.24) is 9.88 Å². The van der Waals surface area contributed by atoms with Crippen LogP contribution in [-0.4, -0.2) is 35.9 Å². The van der Waals surface area contributed by atoms with E-state index in [-0.39, 0.29) is 5.91 Å². The van der Waals surface area contributed by atoms with Crippen molar-refractivity contribution in [3.05, 3.63) is 23.4 Å². The maximum Gasteiger partial charge on any atom is 0.253 e. The van der Waals surface area contributed by atoms with Gasteiger partial charge in [0, 0.05) is 31.4 Å². The van der Waals surface area contributed by atoms with Crippen LogP contribution in [-0.2, 0) is 0 Å². The first-order valence-corrected chi connectivity index (χ1v) is 6.95. The standard InChI is InChI=1S/C15H25N3O/c1-6-11(3)10-18(5)15(19)13-8-12(4)17-14(9-13)16-7-2/h8-9,11H,6-7,10H2,1-5H3,(H,16,17). The van der Waals surface area contributed by atoms with Gasteiger partial charge in [0.25, 0.3) is 5.91 Å². The monoisotopic (exact) mass is 263 g/mol. The van der Waals surface area contributed by atoms with Crippen LogP contribution < -0.4 is 5.32 Å². The van der Waals surface area contributed by atoms with Gasteiger partial charge >= 0.3 is 0 Å². The number of nitrogens with zero attached hydrogens (tertiary/aromatic N) is 2. The SMILES string of the molecule is CCNc1cc(C(=O)N(C)CC(C)CC)cc(C)n1. The Morgan fingerprint density at radius 2 is 2.11 bits per heavy atom. The average molecular weight is 263 g/mol. The zero-order valence-electron chi connectivity index (χ0n) is 12.7. The number of pyridine rings is 1. The van der Waals surface area contributed by atoms with Crippen LogP contribution in [0.2, 0.25) is 0 Å². The molecule has 1 aromatic heterocycles. The van der Waals surface area contributed by atoms with Crippen molar-refractivity contribution < 1.29 is 4.79 Å². The molecule has 1 heterocycles. The number of anilines is 1. The van der Waals surface area contributed by atoms with Crippen LogP contribution in [0.25, 0.3) is 0 Å². The normalized spacial score (nSPS) is 12.1. The summed E-state index contributed by atoms with van der Waals surface area (Å²) in [5.74, 6) is 1.35. The van der Waals surface area contributed by atoms with E-state index >= 15 is 0 Å². The zero-order chi connectivity index (χ0) is 14.4. The summed E-state index contributed by atoms with van der Waals surface area (Å²) in [6.07, 6.45) is 1.08. The topological polar surface area (TPSA) is 45.2 Å². The Hall–Kier alpha value is -1.58. The summed E-state index contributed by atoms with van der Waals surface area (Å²) in [6.45, 7) is 9.81. The zero-order valence-corrected chi connectivity index (χ0v) is 12.7. The molecule has 1 aromatic rings. The number of rotatable bonds is 6. The third kappa shape index (κ3) is 4.54. The van der Waals surface area contributed by atoms with Gasteiger partial charge in [-0.2, -0.15) is 0 Å². The number of hydrogen-bond donors (Lipinski definition) is 1. The molecule has 0 spiro atoms. The van der Waals surface area contributed by atoms with Crippen molar-refractivity contribution in [1.29, 1.82) is 0 Å². The van der Waals surface area contributed by atoms with Crippen molar-refractivity contribution in [2.45, 2.75) is 34.1 Å². The number of amides is 1. The molecule has 0 saturated heterocycles. The smallest absolute Gasteiger partial charge is 0.253 e. The molecule has 0 aliphatic carbocycles. The first kappa shape index (κ1) is 15.5. The molecular formula is C15H25N3O. The number of carbonyl (C=O) groups is 1. The molecule has 0 bridgehead atoms. The number of carbonyl (C=O) groups excluding carboxylic acids is 1. The Morgan fingerprint density at radius 1 is 1.42 bits per heavy atom. The first-order valence-electron chi connectivity index (χ1n) is 6.95. The molecule has 0 saturated carbocycles. The minimum Gasteiger partial charge on any atom is -0.370 e. The number of aryl methyl sites for hydroxylation is 1. The molecule has 19 heavy (non-hydrogen) atoms. The molecule has 4 nitrogen and oxygen atoms in total. The van der Waals surface area contributed by atoms with Crippen molar-refractivity contribution in [2.75, 3.05) is 25.5 Å². The summed E-state index contributed by atoms with van der Waals surface area (Å²) >= 11 is 0. The van der Waals surface area contributed by atoms with E-state index in [2.05, 4.69) is 24.1 Å². The van der Waals surface area contributed by atoms with Gasteiger partial charge in [0.1, 0.15) is 5.82 Å². The molecule has 1 unspecified atom stereocenters. The third-order valence-electron chi connectivity index (χ3n) is 3.19. The van der Waals surface area contributed by atoms with Crippen molar-refractivity contribution in [3.8, 4) is 0 Å². The van der Waals surface area contributed by atoms with E-state index in [4.69, 9.17) is 0 Å². The summed E-state index contributed by atoms with van der Waals surface area (Å²) in [5.41, 5.74) is 1.56. The van der Waals surface area contributed by atoms with Gasteiger partial charge in [-0.25, -0.2) is 4.98 Å². The fourth-order valence-electron chi connectivity index (χ4n) is 1.96. The van der Waals surface area contributed by atoms with Crippen LogP contribution in [0.1, 0.15) is 43.2 Å². The first-order chi connectivity index (χ1) is 8.97. The second-order valence-electron chi connectivity index (χ2n) is 5.11. The fraction of sp³-hybridized carbons (Fsp3) is 0.600. The summed E-state index contributed by atoms with van der Waals surface area (Å²) < 4.78 is 0. The number of nitrogens with one attached hydrogen (secondary N) is 1. The van der Waals surface area contributed by atoms with Crippen molar-refractivity contribution >= 4 is 11.7 Å². The van der Waals surface area contributed by atoms with Crippen molar-refractivity contribution in [2.24, 2.45) is 5.92 Å². The Balaban J connectivity index is 2.86. The average Bonchev–Trinajstić information content (AvgIpc) is 2.37. The van der Waals surface area contributed by atoms with Crippen LogP contribution in [0.4, 0.5) is 5.82 Å². The predicted molar refractivity (Wildman–Crippen MR) is 79.6 cm³/mol. The van der Waals surface area contributed by atoms with E-state index in [0.717, 1.165) is 31.0 Å². The quantitative estimate of drug-likeness (QED) is 0.858. The summed E-state index contributed by atoms with van der Waals surface area (Å²) in [7, 11) is 1.86. The predicted octanol–water partition coefficient (Wildman–Crippen LogP) is 2.94. The lowest BCUT2D eigenvalue weighted by atomic mass is 10.1. The highest BCUT2D eigenvalue weighted by atomic mass is 16.2. The third-order valence-corrected chi connectivity index (χ3v) is 3.19. The van der Waals surface area contributed by atoms with Gasteiger partial charge in [-0.05, 0) is 31.9 Å². The van der Waals surface area contributed by atoms with Gasteiger partial charge in [0.15, 0.2) is 0 Å².